The van der Waals surface area contributed by atoms with Crippen LogP contribution in [0.4, 0.5) is 5.69 Å². The SMILES string of the molecule is CCN(Cc1ccccc1NC(=O)C(=O)NC(C)c1cn[nH]c1)C(C)=O. The Morgan fingerprint density at radius 2 is 1.96 bits per heavy atom. The van der Waals surface area contributed by atoms with Crippen molar-refractivity contribution in [2.45, 2.75) is 33.4 Å². The van der Waals surface area contributed by atoms with E-state index in [1.54, 1.807) is 36.4 Å². The highest BCUT2D eigenvalue weighted by atomic mass is 16.2. The molecule has 138 valence electrons. The van der Waals surface area contributed by atoms with E-state index in [0.29, 0.717) is 18.8 Å². The summed E-state index contributed by atoms with van der Waals surface area (Å²) in [6.45, 7) is 6.05. The molecule has 0 saturated heterocycles. The number of nitrogens with zero attached hydrogens (tertiary/aromatic N) is 2. The van der Waals surface area contributed by atoms with Crippen LogP contribution in [0.2, 0.25) is 0 Å². The number of aromatic nitrogens is 2. The summed E-state index contributed by atoms with van der Waals surface area (Å²) in [6, 6.07) is 6.74. The molecule has 0 saturated carbocycles. The second kappa shape index (κ2) is 8.80. The maximum atomic E-state index is 12.2. The summed E-state index contributed by atoms with van der Waals surface area (Å²) < 4.78 is 0. The van der Waals surface area contributed by atoms with Crippen LogP contribution in [0.15, 0.2) is 36.7 Å². The smallest absolute Gasteiger partial charge is 0.313 e. The second-order valence-corrected chi connectivity index (χ2v) is 5.87. The number of H-pyrrole nitrogens is 1. The van der Waals surface area contributed by atoms with Crippen molar-refractivity contribution in [2.24, 2.45) is 0 Å². The number of benzene rings is 1. The molecule has 0 spiro atoms. The number of hydrogen-bond acceptors (Lipinski definition) is 4. The van der Waals surface area contributed by atoms with E-state index in [1.165, 1.54) is 6.92 Å². The van der Waals surface area contributed by atoms with E-state index in [2.05, 4.69) is 20.8 Å². The molecule has 26 heavy (non-hydrogen) atoms. The molecule has 8 heteroatoms. The van der Waals surface area contributed by atoms with Crippen LogP contribution in [0.1, 0.15) is 37.9 Å². The van der Waals surface area contributed by atoms with Crippen LogP contribution < -0.4 is 10.6 Å². The van der Waals surface area contributed by atoms with Gasteiger partial charge in [0.25, 0.3) is 0 Å². The fourth-order valence-corrected chi connectivity index (χ4v) is 2.45. The molecule has 1 aromatic heterocycles. The minimum atomic E-state index is -0.765. The maximum absolute atomic E-state index is 12.2. The number of carbonyl (C=O) groups excluding carboxylic acids is 3. The number of anilines is 1. The van der Waals surface area contributed by atoms with Gasteiger partial charge in [0.1, 0.15) is 0 Å². The van der Waals surface area contributed by atoms with Crippen molar-refractivity contribution in [1.29, 1.82) is 0 Å². The highest BCUT2D eigenvalue weighted by Crippen LogP contribution is 2.17. The normalized spacial score (nSPS) is 11.5. The lowest BCUT2D eigenvalue weighted by molar-refractivity contribution is -0.136. The quantitative estimate of drug-likeness (QED) is 0.683. The zero-order valence-electron chi connectivity index (χ0n) is 15.1. The molecule has 1 unspecified atom stereocenters. The lowest BCUT2D eigenvalue weighted by Crippen LogP contribution is -2.37. The summed E-state index contributed by atoms with van der Waals surface area (Å²) >= 11 is 0. The van der Waals surface area contributed by atoms with E-state index in [-0.39, 0.29) is 11.9 Å². The van der Waals surface area contributed by atoms with Gasteiger partial charge in [0.2, 0.25) is 5.91 Å². The van der Waals surface area contributed by atoms with Gasteiger partial charge >= 0.3 is 11.8 Å². The van der Waals surface area contributed by atoms with Crippen molar-refractivity contribution in [3.05, 3.63) is 47.8 Å². The zero-order chi connectivity index (χ0) is 19.1. The molecule has 0 aliphatic carbocycles. The molecule has 8 nitrogen and oxygen atoms in total. The first-order valence-corrected chi connectivity index (χ1v) is 8.36. The molecule has 1 aromatic carbocycles. The fraction of sp³-hybridized carbons (Fsp3) is 0.333. The van der Waals surface area contributed by atoms with Crippen LogP contribution >= 0.6 is 0 Å². The van der Waals surface area contributed by atoms with Crippen LogP contribution in [-0.4, -0.2) is 39.4 Å². The van der Waals surface area contributed by atoms with Gasteiger partial charge in [0.15, 0.2) is 0 Å². The van der Waals surface area contributed by atoms with E-state index in [0.717, 1.165) is 11.1 Å². The molecule has 2 rings (SSSR count). The molecule has 2 aromatic rings. The van der Waals surface area contributed by atoms with Gasteiger partial charge in [-0.15, -0.1) is 0 Å². The summed E-state index contributed by atoms with van der Waals surface area (Å²) in [5, 5.41) is 11.7. The molecule has 1 heterocycles. The molecular weight excluding hydrogens is 334 g/mol. The first kappa shape index (κ1) is 19.2. The summed E-state index contributed by atoms with van der Waals surface area (Å²) in [7, 11) is 0. The third-order valence-electron chi connectivity index (χ3n) is 4.03. The van der Waals surface area contributed by atoms with Crippen LogP contribution in [0.5, 0.6) is 0 Å². The van der Waals surface area contributed by atoms with Crippen molar-refractivity contribution in [2.75, 3.05) is 11.9 Å². The summed E-state index contributed by atoms with van der Waals surface area (Å²) in [4.78, 5) is 37.6. The highest BCUT2D eigenvalue weighted by molar-refractivity contribution is 6.39. The maximum Gasteiger partial charge on any atom is 0.313 e. The first-order chi connectivity index (χ1) is 12.4. The Morgan fingerprint density at radius 1 is 1.23 bits per heavy atom. The number of carbonyl (C=O) groups is 3. The van der Waals surface area contributed by atoms with E-state index in [9.17, 15) is 14.4 Å². The molecule has 0 fully saturated rings. The van der Waals surface area contributed by atoms with Gasteiger partial charge in [-0.1, -0.05) is 18.2 Å². The Labute approximate surface area is 152 Å². The number of hydrogen-bond donors (Lipinski definition) is 3. The third-order valence-corrected chi connectivity index (χ3v) is 4.03. The van der Waals surface area contributed by atoms with Crippen molar-refractivity contribution in [3.8, 4) is 0 Å². The fourth-order valence-electron chi connectivity index (χ4n) is 2.45. The molecule has 0 aliphatic rings. The van der Waals surface area contributed by atoms with E-state index in [1.807, 2.05) is 19.1 Å². The molecular formula is C18H23N5O3. The number of nitrogens with one attached hydrogen (secondary N) is 3. The summed E-state index contributed by atoms with van der Waals surface area (Å²) in [5.41, 5.74) is 2.03. The Morgan fingerprint density at radius 3 is 2.58 bits per heavy atom. The molecule has 3 amide bonds. The Bertz CT molecular complexity index is 773. The van der Waals surface area contributed by atoms with Gasteiger partial charge in [-0.25, -0.2) is 0 Å². The molecule has 0 aliphatic heterocycles. The topological polar surface area (TPSA) is 107 Å². The Balaban J connectivity index is 2.04. The minimum absolute atomic E-state index is 0.0553. The van der Waals surface area contributed by atoms with E-state index in [4.69, 9.17) is 0 Å². The van der Waals surface area contributed by atoms with Crippen LogP contribution in [0.3, 0.4) is 0 Å². The largest absolute Gasteiger partial charge is 0.341 e. The van der Waals surface area contributed by atoms with Crippen molar-refractivity contribution >= 4 is 23.4 Å². The molecule has 3 N–H and O–H groups in total. The van der Waals surface area contributed by atoms with Gasteiger partial charge in [0.05, 0.1) is 12.2 Å². The second-order valence-electron chi connectivity index (χ2n) is 5.87. The van der Waals surface area contributed by atoms with Crippen LogP contribution in [-0.2, 0) is 20.9 Å². The zero-order valence-corrected chi connectivity index (χ0v) is 15.1. The Hall–Kier alpha value is -3.16. The summed E-state index contributed by atoms with van der Waals surface area (Å²) in [6.07, 6.45) is 3.23. The number of amides is 3. The van der Waals surface area contributed by atoms with Crippen LogP contribution in [0, 0.1) is 0 Å². The van der Waals surface area contributed by atoms with Gasteiger partial charge in [-0.05, 0) is 25.5 Å². The highest BCUT2D eigenvalue weighted by Gasteiger charge is 2.19. The third kappa shape index (κ3) is 4.92. The average molecular weight is 357 g/mol. The number of rotatable bonds is 6. The number of para-hydroxylation sites is 1. The van der Waals surface area contributed by atoms with E-state index >= 15 is 0 Å². The van der Waals surface area contributed by atoms with E-state index < -0.39 is 11.8 Å². The average Bonchev–Trinajstić information content (AvgIpc) is 3.15. The van der Waals surface area contributed by atoms with Crippen molar-refractivity contribution in [1.82, 2.24) is 20.4 Å². The van der Waals surface area contributed by atoms with Gasteiger partial charge in [0, 0.05) is 37.5 Å². The number of aromatic amines is 1. The van der Waals surface area contributed by atoms with Crippen molar-refractivity contribution in [3.63, 3.8) is 0 Å². The van der Waals surface area contributed by atoms with Crippen molar-refractivity contribution < 1.29 is 14.4 Å². The lowest BCUT2D eigenvalue weighted by atomic mass is 10.1. The Kier molecular flexibility index (Phi) is 6.48. The molecule has 0 radical (unpaired) electrons. The van der Waals surface area contributed by atoms with Gasteiger partial charge in [-0.2, -0.15) is 5.10 Å². The lowest BCUT2D eigenvalue weighted by Gasteiger charge is -2.21. The van der Waals surface area contributed by atoms with Crippen LogP contribution in [0.25, 0.3) is 0 Å². The first-order valence-electron chi connectivity index (χ1n) is 8.36. The van der Waals surface area contributed by atoms with Gasteiger partial charge < -0.3 is 15.5 Å². The molecule has 1 atom stereocenters. The predicted octanol–water partition coefficient (Wildman–Crippen LogP) is 1.59. The summed E-state index contributed by atoms with van der Waals surface area (Å²) in [5.74, 6) is -1.56. The standard InChI is InChI=1S/C18H23N5O3/c1-4-23(13(3)24)11-14-7-5-6-8-16(14)22-18(26)17(25)21-12(2)15-9-19-20-10-15/h5-10,12H,4,11H2,1-3H3,(H,19,20)(H,21,25)(H,22,26). The predicted molar refractivity (Wildman–Crippen MR) is 97.0 cm³/mol. The van der Waals surface area contributed by atoms with Gasteiger partial charge in [-0.3, -0.25) is 19.5 Å². The minimum Gasteiger partial charge on any atom is -0.341 e. The molecule has 0 bridgehead atoms. The monoisotopic (exact) mass is 357 g/mol.